The number of nitrogens with zero attached hydrogens (tertiary/aromatic N) is 1. The molecule has 0 bridgehead atoms. The van der Waals surface area contributed by atoms with Gasteiger partial charge in [0.15, 0.2) is 6.61 Å². The molecule has 8 nitrogen and oxygen atoms in total. The number of benzene rings is 1. The molecule has 0 saturated carbocycles. The van der Waals surface area contributed by atoms with Crippen LogP contribution in [0.15, 0.2) is 58.5 Å². The molecule has 0 spiro atoms. The summed E-state index contributed by atoms with van der Waals surface area (Å²) in [5.41, 5.74) is 0.275. The first kappa shape index (κ1) is 20.4. The molecule has 1 heterocycles. The minimum absolute atomic E-state index is 0.00109. The van der Waals surface area contributed by atoms with Crippen molar-refractivity contribution in [3.63, 3.8) is 0 Å². The molecule has 0 aliphatic carbocycles. The number of sulfonamides is 1. The van der Waals surface area contributed by atoms with E-state index in [1.807, 2.05) is 0 Å². The highest BCUT2D eigenvalue weighted by atomic mass is 32.2. The molecule has 0 fully saturated rings. The molecule has 27 heavy (non-hydrogen) atoms. The number of amides is 1. The van der Waals surface area contributed by atoms with Gasteiger partial charge in [-0.3, -0.25) is 14.5 Å². The van der Waals surface area contributed by atoms with E-state index in [-0.39, 0.29) is 10.6 Å². The number of aliphatic imine (C=N–C) groups is 1. The van der Waals surface area contributed by atoms with Gasteiger partial charge in [-0.1, -0.05) is 24.3 Å². The van der Waals surface area contributed by atoms with Crippen LogP contribution in [0.3, 0.4) is 0 Å². The Morgan fingerprint density at radius 1 is 1.30 bits per heavy atom. The van der Waals surface area contributed by atoms with Crippen LogP contribution in [0.5, 0.6) is 0 Å². The first-order valence-corrected chi connectivity index (χ1v) is 9.81. The topological polar surface area (TPSA) is 114 Å². The molecule has 1 aromatic carbocycles. The van der Waals surface area contributed by atoms with Crippen LogP contribution < -0.4 is 10.0 Å². The molecule has 0 atom stereocenters. The maximum Gasteiger partial charge on any atom is 0.331 e. The van der Waals surface area contributed by atoms with Gasteiger partial charge in [0.25, 0.3) is 15.9 Å². The summed E-state index contributed by atoms with van der Waals surface area (Å²) in [7, 11) is -3.77. The number of carbonyl (C=O) groups is 2. The van der Waals surface area contributed by atoms with Crippen molar-refractivity contribution < 1.29 is 22.7 Å². The van der Waals surface area contributed by atoms with Gasteiger partial charge in [0, 0.05) is 24.7 Å². The standard InChI is InChI=1S/C18H21N3O5S/c1-2-3-4-10-18(23)26-13-17(22)20-14-7-5-8-15(12-14)27(24,25)21-16-9-6-11-19-16/h2-5,7-8,10,12H,6,9,11,13H2,1H3,(H,19,21)(H,20,22)/b3-2+,10-4+. The van der Waals surface area contributed by atoms with E-state index in [4.69, 9.17) is 4.74 Å². The maximum atomic E-state index is 12.4. The zero-order valence-electron chi connectivity index (χ0n) is 14.8. The van der Waals surface area contributed by atoms with E-state index in [1.54, 1.807) is 19.1 Å². The molecule has 2 N–H and O–H groups in total. The third kappa shape index (κ3) is 6.70. The van der Waals surface area contributed by atoms with Crippen molar-refractivity contribution in [3.05, 3.63) is 48.6 Å². The SMILES string of the molecule is C/C=C/C=C/C(=O)OCC(=O)Nc1cccc(S(=O)(=O)NC2=NCCC2)c1. The molecule has 0 radical (unpaired) electrons. The average Bonchev–Trinajstić information content (AvgIpc) is 3.13. The first-order valence-electron chi connectivity index (χ1n) is 8.33. The molecular formula is C18H21N3O5S. The summed E-state index contributed by atoms with van der Waals surface area (Å²) >= 11 is 0. The van der Waals surface area contributed by atoms with Crippen LogP contribution >= 0.6 is 0 Å². The summed E-state index contributed by atoms with van der Waals surface area (Å²) in [6, 6.07) is 5.79. The van der Waals surface area contributed by atoms with Crippen LogP contribution in [0.2, 0.25) is 0 Å². The van der Waals surface area contributed by atoms with Crippen LogP contribution in [-0.2, 0) is 24.3 Å². The highest BCUT2D eigenvalue weighted by molar-refractivity contribution is 7.90. The number of esters is 1. The Kier molecular flexibility index (Phi) is 7.30. The van der Waals surface area contributed by atoms with E-state index < -0.39 is 28.5 Å². The normalized spacial score (nSPS) is 14.3. The molecule has 1 aromatic rings. The monoisotopic (exact) mass is 391 g/mol. The highest BCUT2D eigenvalue weighted by Crippen LogP contribution is 2.16. The van der Waals surface area contributed by atoms with Crippen molar-refractivity contribution in [2.45, 2.75) is 24.7 Å². The van der Waals surface area contributed by atoms with Crippen molar-refractivity contribution in [2.75, 3.05) is 18.5 Å². The van der Waals surface area contributed by atoms with Crippen molar-refractivity contribution in [3.8, 4) is 0 Å². The number of hydrogen-bond acceptors (Lipinski definition) is 6. The predicted octanol–water partition coefficient (Wildman–Crippen LogP) is 1.77. The van der Waals surface area contributed by atoms with Crippen LogP contribution in [0.1, 0.15) is 19.8 Å². The summed E-state index contributed by atoms with van der Waals surface area (Å²) in [5, 5.41) is 2.49. The van der Waals surface area contributed by atoms with Crippen LogP contribution in [0.25, 0.3) is 0 Å². The Bertz CT molecular complexity index is 888. The Labute approximate surface area is 158 Å². The zero-order valence-corrected chi connectivity index (χ0v) is 15.7. The first-order chi connectivity index (χ1) is 12.9. The molecule has 144 valence electrons. The third-order valence-corrected chi connectivity index (χ3v) is 4.81. The average molecular weight is 391 g/mol. The minimum atomic E-state index is -3.77. The summed E-state index contributed by atoms with van der Waals surface area (Å²) in [6.07, 6.45) is 7.48. The lowest BCUT2D eigenvalue weighted by Gasteiger charge is -2.10. The van der Waals surface area contributed by atoms with E-state index in [0.29, 0.717) is 18.8 Å². The lowest BCUT2D eigenvalue weighted by Crippen LogP contribution is -2.29. The van der Waals surface area contributed by atoms with Gasteiger partial charge in [-0.05, 0) is 31.5 Å². The summed E-state index contributed by atoms with van der Waals surface area (Å²) in [6.45, 7) is 1.93. The van der Waals surface area contributed by atoms with E-state index in [1.165, 1.54) is 36.4 Å². The Morgan fingerprint density at radius 2 is 2.11 bits per heavy atom. The van der Waals surface area contributed by atoms with Gasteiger partial charge in [-0.2, -0.15) is 0 Å². The number of anilines is 1. The van der Waals surface area contributed by atoms with Gasteiger partial charge in [0.1, 0.15) is 5.84 Å². The van der Waals surface area contributed by atoms with Gasteiger partial charge in [-0.15, -0.1) is 0 Å². The molecule has 0 saturated heterocycles. The second-order valence-electron chi connectivity index (χ2n) is 5.61. The lowest BCUT2D eigenvalue weighted by atomic mass is 10.3. The lowest BCUT2D eigenvalue weighted by molar-refractivity contribution is -0.142. The summed E-state index contributed by atoms with van der Waals surface area (Å²) in [4.78, 5) is 27.4. The molecule has 1 aliphatic heterocycles. The third-order valence-electron chi connectivity index (χ3n) is 3.44. The summed E-state index contributed by atoms with van der Waals surface area (Å²) < 4.78 is 32.0. The number of carbonyl (C=O) groups excluding carboxylic acids is 2. The Balaban J connectivity index is 1.94. The van der Waals surface area contributed by atoms with E-state index in [2.05, 4.69) is 15.0 Å². The number of rotatable bonds is 7. The minimum Gasteiger partial charge on any atom is -0.452 e. The molecule has 1 aliphatic rings. The Morgan fingerprint density at radius 3 is 2.81 bits per heavy atom. The van der Waals surface area contributed by atoms with Crippen LogP contribution in [-0.4, -0.2) is 39.3 Å². The maximum absolute atomic E-state index is 12.4. The predicted molar refractivity (Wildman–Crippen MR) is 102 cm³/mol. The fourth-order valence-corrected chi connectivity index (χ4v) is 3.34. The van der Waals surface area contributed by atoms with E-state index in [0.717, 1.165) is 6.42 Å². The highest BCUT2D eigenvalue weighted by Gasteiger charge is 2.18. The van der Waals surface area contributed by atoms with Gasteiger partial charge < -0.3 is 10.1 Å². The fraction of sp³-hybridized carbons (Fsp3) is 0.278. The number of ether oxygens (including phenoxy) is 1. The van der Waals surface area contributed by atoms with Gasteiger partial charge in [0.2, 0.25) is 0 Å². The molecule has 9 heteroatoms. The van der Waals surface area contributed by atoms with Gasteiger partial charge >= 0.3 is 5.97 Å². The molecule has 0 unspecified atom stereocenters. The fourth-order valence-electron chi connectivity index (χ4n) is 2.21. The van der Waals surface area contributed by atoms with Gasteiger partial charge in [-0.25, -0.2) is 13.2 Å². The van der Waals surface area contributed by atoms with Crippen molar-refractivity contribution in [1.82, 2.24) is 4.72 Å². The number of amidine groups is 1. The number of hydrogen-bond donors (Lipinski definition) is 2. The van der Waals surface area contributed by atoms with Crippen LogP contribution in [0, 0.1) is 0 Å². The van der Waals surface area contributed by atoms with Crippen molar-refractivity contribution in [1.29, 1.82) is 0 Å². The van der Waals surface area contributed by atoms with Crippen molar-refractivity contribution >= 4 is 33.4 Å². The largest absolute Gasteiger partial charge is 0.452 e. The van der Waals surface area contributed by atoms with Crippen LogP contribution in [0.4, 0.5) is 5.69 Å². The van der Waals surface area contributed by atoms with Gasteiger partial charge in [0.05, 0.1) is 4.90 Å². The summed E-state index contributed by atoms with van der Waals surface area (Å²) in [5.74, 6) is -0.797. The van der Waals surface area contributed by atoms with E-state index >= 15 is 0 Å². The van der Waals surface area contributed by atoms with E-state index in [9.17, 15) is 18.0 Å². The smallest absolute Gasteiger partial charge is 0.331 e. The molecular weight excluding hydrogens is 370 g/mol. The van der Waals surface area contributed by atoms with Crippen molar-refractivity contribution in [2.24, 2.45) is 4.99 Å². The molecule has 2 rings (SSSR count). The quantitative estimate of drug-likeness (QED) is 0.418. The number of nitrogens with one attached hydrogen (secondary N) is 2. The zero-order chi connectivity index (χ0) is 19.7. The number of allylic oxidation sites excluding steroid dienone is 3. The second kappa shape index (κ2) is 9.67. The molecule has 1 amide bonds. The Hall–Kier alpha value is -2.94. The second-order valence-corrected chi connectivity index (χ2v) is 7.29. The molecule has 0 aromatic heterocycles.